The van der Waals surface area contributed by atoms with Gasteiger partial charge in [-0.25, -0.2) is 0 Å². The molecule has 21 heavy (non-hydrogen) atoms. The van der Waals surface area contributed by atoms with Crippen LogP contribution in [0.2, 0.25) is 0 Å². The second-order valence-electron chi connectivity index (χ2n) is 4.27. The topological polar surface area (TPSA) is 74.6 Å². The summed E-state index contributed by atoms with van der Waals surface area (Å²) in [6, 6.07) is 2.27. The maximum Gasteiger partial charge on any atom is 0.416 e. The zero-order chi connectivity index (χ0) is 16.2. The van der Waals surface area contributed by atoms with Crippen molar-refractivity contribution in [3.63, 3.8) is 0 Å². The summed E-state index contributed by atoms with van der Waals surface area (Å²) in [7, 11) is 0. The number of hydrogen-bond donors (Lipinski definition) is 2. The van der Waals surface area contributed by atoms with E-state index in [9.17, 15) is 33.0 Å². The van der Waals surface area contributed by atoms with Gasteiger partial charge in [0.2, 0.25) is 0 Å². The third-order valence-corrected chi connectivity index (χ3v) is 3.60. The lowest BCUT2D eigenvalue weighted by Gasteiger charge is -2.20. The summed E-state index contributed by atoms with van der Waals surface area (Å²) < 4.78 is 37.9. The van der Waals surface area contributed by atoms with E-state index in [1.165, 1.54) is 6.92 Å². The second kappa shape index (κ2) is 7.06. The van der Waals surface area contributed by atoms with Crippen molar-refractivity contribution in [3.05, 3.63) is 34.9 Å². The minimum Gasteiger partial charge on any atom is -0.389 e. The quantitative estimate of drug-likeness (QED) is 0.813. The van der Waals surface area contributed by atoms with Crippen LogP contribution < -0.4 is 0 Å². The van der Waals surface area contributed by atoms with Crippen molar-refractivity contribution in [2.24, 2.45) is 0 Å². The van der Waals surface area contributed by atoms with E-state index in [2.05, 4.69) is 0 Å². The van der Waals surface area contributed by atoms with E-state index in [-0.39, 0.29) is 22.0 Å². The van der Waals surface area contributed by atoms with Crippen LogP contribution in [0.1, 0.15) is 34.5 Å². The molecule has 116 valence electrons. The van der Waals surface area contributed by atoms with Gasteiger partial charge >= 0.3 is 6.18 Å². The molecule has 8 heteroatoms. The van der Waals surface area contributed by atoms with Gasteiger partial charge in [-0.1, -0.05) is 17.8 Å². The van der Waals surface area contributed by atoms with E-state index in [0.717, 1.165) is 23.9 Å². The maximum atomic E-state index is 12.6. The van der Waals surface area contributed by atoms with Gasteiger partial charge in [0.05, 0.1) is 11.7 Å². The van der Waals surface area contributed by atoms with Crippen LogP contribution in [-0.4, -0.2) is 33.5 Å². The Hall–Kier alpha value is -1.38. The number of alkyl halides is 3. The molecule has 0 saturated heterocycles. The standard InChI is InChI=1S/C13H13F3O4S/c1-7(18)21-6-11(19)12(20)10-4-9(13(14,15)16)3-2-8(10)5-17/h2-5,11-12,19-20H,6H2,1H3. The number of benzene rings is 1. The molecule has 2 N–H and O–H groups in total. The fourth-order valence-electron chi connectivity index (χ4n) is 1.62. The van der Waals surface area contributed by atoms with Gasteiger partial charge in [-0.15, -0.1) is 0 Å². The highest BCUT2D eigenvalue weighted by Crippen LogP contribution is 2.33. The highest BCUT2D eigenvalue weighted by molar-refractivity contribution is 8.13. The van der Waals surface area contributed by atoms with Crippen LogP contribution in [0.4, 0.5) is 13.2 Å². The van der Waals surface area contributed by atoms with E-state index in [0.29, 0.717) is 12.4 Å². The summed E-state index contributed by atoms with van der Waals surface area (Å²) in [5, 5.41) is 19.3. The molecule has 0 aliphatic carbocycles. The van der Waals surface area contributed by atoms with Crippen molar-refractivity contribution in [2.75, 3.05) is 5.75 Å². The number of thioether (sulfide) groups is 1. The molecule has 0 saturated carbocycles. The molecule has 1 aromatic rings. The number of carbonyl (C=O) groups excluding carboxylic acids is 2. The number of halogens is 3. The van der Waals surface area contributed by atoms with Crippen molar-refractivity contribution in [3.8, 4) is 0 Å². The third kappa shape index (κ3) is 4.83. The minimum atomic E-state index is -4.63. The molecule has 0 fully saturated rings. The predicted molar refractivity (Wildman–Crippen MR) is 70.9 cm³/mol. The summed E-state index contributed by atoms with van der Waals surface area (Å²) >= 11 is 0.726. The fourth-order valence-corrected chi connectivity index (χ4v) is 2.20. The first-order valence-corrected chi connectivity index (χ1v) is 6.81. The Bertz CT molecular complexity index is 531. The second-order valence-corrected chi connectivity index (χ2v) is 5.47. The Labute approximate surface area is 123 Å². The van der Waals surface area contributed by atoms with Crippen LogP contribution in [-0.2, 0) is 11.0 Å². The average Bonchev–Trinajstić information content (AvgIpc) is 2.42. The first-order valence-electron chi connectivity index (χ1n) is 5.82. The first kappa shape index (κ1) is 17.7. The molecule has 2 atom stereocenters. The zero-order valence-electron chi connectivity index (χ0n) is 10.9. The number of aliphatic hydroxyl groups is 2. The summed E-state index contributed by atoms with van der Waals surface area (Å²) in [5.74, 6) is -0.189. The molecule has 0 bridgehead atoms. The number of aldehydes is 1. The molecule has 1 aromatic carbocycles. The largest absolute Gasteiger partial charge is 0.416 e. The Kier molecular flexibility index (Phi) is 5.94. The summed E-state index contributed by atoms with van der Waals surface area (Å²) in [6.07, 6.45) is -7.50. The molecule has 1 rings (SSSR count). The average molecular weight is 322 g/mol. The molecule has 0 aliphatic rings. The summed E-state index contributed by atoms with van der Waals surface area (Å²) in [5.41, 5.74) is -1.51. The molecule has 0 spiro atoms. The van der Waals surface area contributed by atoms with Crippen LogP contribution in [0.25, 0.3) is 0 Å². The molecule has 0 amide bonds. The van der Waals surface area contributed by atoms with Gasteiger partial charge < -0.3 is 10.2 Å². The molecule has 0 heterocycles. The summed E-state index contributed by atoms with van der Waals surface area (Å²) in [6.45, 7) is 1.25. The van der Waals surface area contributed by atoms with Gasteiger partial charge in [-0.3, -0.25) is 9.59 Å². The van der Waals surface area contributed by atoms with Crippen LogP contribution in [0.3, 0.4) is 0 Å². The number of carbonyl (C=O) groups is 2. The lowest BCUT2D eigenvalue weighted by molar-refractivity contribution is -0.137. The Morgan fingerprint density at radius 3 is 2.48 bits per heavy atom. The van der Waals surface area contributed by atoms with Gasteiger partial charge in [0, 0.05) is 18.2 Å². The Morgan fingerprint density at radius 2 is 2.00 bits per heavy atom. The van der Waals surface area contributed by atoms with Crippen molar-refractivity contribution in [2.45, 2.75) is 25.3 Å². The van der Waals surface area contributed by atoms with Gasteiger partial charge in [0.1, 0.15) is 12.4 Å². The molecular formula is C13H13F3O4S. The van der Waals surface area contributed by atoms with Gasteiger partial charge in [0.25, 0.3) is 0 Å². The Morgan fingerprint density at radius 1 is 1.38 bits per heavy atom. The number of hydrogen-bond acceptors (Lipinski definition) is 5. The van der Waals surface area contributed by atoms with Gasteiger partial charge in [0.15, 0.2) is 5.12 Å². The van der Waals surface area contributed by atoms with Crippen molar-refractivity contribution in [1.29, 1.82) is 0 Å². The lowest BCUT2D eigenvalue weighted by Crippen LogP contribution is -2.23. The highest BCUT2D eigenvalue weighted by Gasteiger charge is 2.32. The number of rotatable bonds is 5. The molecule has 0 aliphatic heterocycles. The van der Waals surface area contributed by atoms with Crippen LogP contribution in [0, 0.1) is 0 Å². The van der Waals surface area contributed by atoms with Gasteiger partial charge in [-0.2, -0.15) is 13.2 Å². The summed E-state index contributed by atoms with van der Waals surface area (Å²) in [4.78, 5) is 21.6. The fraction of sp³-hybridized carbons (Fsp3) is 0.385. The normalized spacial score (nSPS) is 14.6. The van der Waals surface area contributed by atoms with E-state index in [1.807, 2.05) is 0 Å². The van der Waals surface area contributed by atoms with Crippen molar-refractivity contribution < 1.29 is 33.0 Å². The minimum absolute atomic E-state index is 0.151. The molecule has 2 unspecified atom stereocenters. The maximum absolute atomic E-state index is 12.6. The third-order valence-electron chi connectivity index (χ3n) is 2.68. The van der Waals surface area contributed by atoms with Crippen molar-refractivity contribution >= 4 is 23.2 Å². The lowest BCUT2D eigenvalue weighted by atomic mass is 9.97. The highest BCUT2D eigenvalue weighted by atomic mass is 32.2. The molecule has 0 radical (unpaired) electrons. The monoisotopic (exact) mass is 322 g/mol. The Balaban J connectivity index is 3.08. The predicted octanol–water partition coefficient (Wildman–Crippen LogP) is 2.19. The van der Waals surface area contributed by atoms with Gasteiger partial charge in [-0.05, 0) is 17.7 Å². The molecular weight excluding hydrogens is 309 g/mol. The van der Waals surface area contributed by atoms with E-state index >= 15 is 0 Å². The zero-order valence-corrected chi connectivity index (χ0v) is 11.7. The van der Waals surface area contributed by atoms with Crippen LogP contribution >= 0.6 is 11.8 Å². The number of aliphatic hydroxyl groups excluding tert-OH is 2. The van der Waals surface area contributed by atoms with Crippen molar-refractivity contribution in [1.82, 2.24) is 0 Å². The van der Waals surface area contributed by atoms with Crippen LogP contribution in [0.15, 0.2) is 18.2 Å². The van der Waals surface area contributed by atoms with E-state index < -0.39 is 23.9 Å². The smallest absolute Gasteiger partial charge is 0.389 e. The van der Waals surface area contributed by atoms with E-state index in [4.69, 9.17) is 0 Å². The molecule has 0 aromatic heterocycles. The molecule has 4 nitrogen and oxygen atoms in total. The van der Waals surface area contributed by atoms with Crippen LogP contribution in [0.5, 0.6) is 0 Å². The SMILES string of the molecule is CC(=O)SCC(O)C(O)c1cc(C(F)(F)F)ccc1C=O. The van der Waals surface area contributed by atoms with E-state index in [1.54, 1.807) is 0 Å². The first-order chi connectivity index (χ1) is 9.66.